The lowest BCUT2D eigenvalue weighted by Crippen LogP contribution is -2.48. The third-order valence-electron chi connectivity index (χ3n) is 4.03. The molecule has 108 valence electrons. The van der Waals surface area contributed by atoms with Crippen LogP contribution in [0.3, 0.4) is 0 Å². The van der Waals surface area contributed by atoms with Gasteiger partial charge in [0.15, 0.2) is 5.82 Å². The zero-order valence-electron chi connectivity index (χ0n) is 12.6. The van der Waals surface area contributed by atoms with Gasteiger partial charge in [-0.2, -0.15) is 5.10 Å². The average molecular weight is 266 g/mol. The van der Waals surface area contributed by atoms with E-state index in [0.717, 1.165) is 56.1 Å². The molecule has 2 heterocycles. The Morgan fingerprint density at radius 3 is 2.84 bits per heavy atom. The Morgan fingerprint density at radius 1 is 1.47 bits per heavy atom. The van der Waals surface area contributed by atoms with Crippen molar-refractivity contribution >= 4 is 11.5 Å². The monoisotopic (exact) mass is 266 g/mol. The molecule has 0 aromatic carbocycles. The van der Waals surface area contributed by atoms with Gasteiger partial charge in [-0.15, -0.1) is 0 Å². The van der Waals surface area contributed by atoms with Gasteiger partial charge in [0.25, 0.3) is 0 Å². The second-order valence-electron chi connectivity index (χ2n) is 5.72. The summed E-state index contributed by atoms with van der Waals surface area (Å²) < 4.78 is 7.71. The number of ether oxygens (including phenoxy) is 1. The Labute approximate surface area is 115 Å². The Balaban J connectivity index is 2.30. The van der Waals surface area contributed by atoms with Crippen LogP contribution in [0.5, 0.6) is 0 Å². The number of hydrogen-bond acceptors (Lipinski definition) is 4. The summed E-state index contributed by atoms with van der Waals surface area (Å²) in [7, 11) is 1.79. The normalized spacial score (nSPS) is 23.9. The fourth-order valence-corrected chi connectivity index (χ4v) is 2.84. The first-order valence-corrected chi connectivity index (χ1v) is 7.13. The van der Waals surface area contributed by atoms with Crippen molar-refractivity contribution in [3.63, 3.8) is 0 Å². The summed E-state index contributed by atoms with van der Waals surface area (Å²) in [6.45, 7) is 9.12. The fourth-order valence-electron chi connectivity index (χ4n) is 2.84. The largest absolute Gasteiger partial charge is 0.394 e. The van der Waals surface area contributed by atoms with E-state index in [1.807, 2.05) is 11.6 Å². The van der Waals surface area contributed by atoms with E-state index in [2.05, 4.69) is 23.8 Å². The average Bonchev–Trinajstić information content (AvgIpc) is 2.66. The molecule has 0 amide bonds. The maximum absolute atomic E-state index is 6.23. The molecule has 1 aliphatic rings. The van der Waals surface area contributed by atoms with Gasteiger partial charge < -0.3 is 15.4 Å². The zero-order chi connectivity index (χ0) is 14.0. The van der Waals surface area contributed by atoms with Crippen molar-refractivity contribution in [3.05, 3.63) is 5.69 Å². The van der Waals surface area contributed by atoms with E-state index in [9.17, 15) is 0 Å². The number of aryl methyl sites for hydroxylation is 2. The molecule has 0 aliphatic carbocycles. The van der Waals surface area contributed by atoms with Crippen molar-refractivity contribution < 1.29 is 4.74 Å². The van der Waals surface area contributed by atoms with Crippen LogP contribution in [0.15, 0.2) is 0 Å². The summed E-state index contributed by atoms with van der Waals surface area (Å²) in [6.07, 6.45) is 3.28. The first kappa shape index (κ1) is 14.2. The van der Waals surface area contributed by atoms with Gasteiger partial charge in [0.1, 0.15) is 0 Å². The van der Waals surface area contributed by atoms with Crippen LogP contribution in [0.25, 0.3) is 0 Å². The number of piperidine rings is 1. The molecule has 0 spiro atoms. The number of nitrogens with zero attached hydrogens (tertiary/aromatic N) is 3. The van der Waals surface area contributed by atoms with E-state index in [4.69, 9.17) is 10.5 Å². The molecule has 2 rings (SSSR count). The predicted octanol–water partition coefficient (Wildman–Crippen LogP) is 2.19. The van der Waals surface area contributed by atoms with Gasteiger partial charge in [-0.25, -0.2) is 4.68 Å². The van der Waals surface area contributed by atoms with Crippen molar-refractivity contribution in [1.82, 2.24) is 9.78 Å². The molecule has 0 saturated carbocycles. The molecule has 1 aromatic heterocycles. The molecule has 1 unspecified atom stereocenters. The van der Waals surface area contributed by atoms with E-state index >= 15 is 0 Å². The smallest absolute Gasteiger partial charge is 0.150 e. The maximum Gasteiger partial charge on any atom is 0.150 e. The molecule has 1 aliphatic heterocycles. The number of nitrogen functional groups attached to an aromatic ring is 1. The number of hydrogen-bond donors (Lipinski definition) is 1. The van der Waals surface area contributed by atoms with E-state index in [-0.39, 0.29) is 5.60 Å². The molecule has 1 aromatic rings. The first-order valence-electron chi connectivity index (χ1n) is 7.13. The van der Waals surface area contributed by atoms with E-state index in [0.29, 0.717) is 0 Å². The van der Waals surface area contributed by atoms with Gasteiger partial charge in [-0.1, -0.05) is 6.92 Å². The molecule has 1 saturated heterocycles. The molecule has 1 atom stereocenters. The lowest BCUT2D eigenvalue weighted by atomic mass is 9.94. The van der Waals surface area contributed by atoms with E-state index in [1.165, 1.54) is 0 Å². The number of methoxy groups -OCH3 is 1. The number of rotatable bonds is 4. The van der Waals surface area contributed by atoms with Gasteiger partial charge in [-0.3, -0.25) is 0 Å². The Hall–Kier alpha value is -1.23. The van der Waals surface area contributed by atoms with Crippen LogP contribution in [0.4, 0.5) is 11.5 Å². The highest BCUT2D eigenvalue weighted by Crippen LogP contribution is 2.33. The van der Waals surface area contributed by atoms with Crippen molar-refractivity contribution in [2.75, 3.05) is 30.8 Å². The van der Waals surface area contributed by atoms with Crippen LogP contribution >= 0.6 is 0 Å². The lowest BCUT2D eigenvalue weighted by Gasteiger charge is -2.40. The molecule has 0 radical (unpaired) electrons. The van der Waals surface area contributed by atoms with Crippen molar-refractivity contribution in [2.24, 2.45) is 0 Å². The molecular weight excluding hydrogens is 240 g/mol. The van der Waals surface area contributed by atoms with Crippen LogP contribution in [-0.4, -0.2) is 35.6 Å². The van der Waals surface area contributed by atoms with Gasteiger partial charge in [0.2, 0.25) is 0 Å². The number of nitrogens with two attached hydrogens (primary N) is 1. The Bertz CT molecular complexity index is 443. The van der Waals surface area contributed by atoms with Gasteiger partial charge >= 0.3 is 0 Å². The van der Waals surface area contributed by atoms with Gasteiger partial charge in [-0.05, 0) is 33.1 Å². The van der Waals surface area contributed by atoms with Crippen LogP contribution < -0.4 is 10.6 Å². The highest BCUT2D eigenvalue weighted by atomic mass is 16.5. The molecule has 0 bridgehead atoms. The molecule has 1 fully saturated rings. The summed E-state index contributed by atoms with van der Waals surface area (Å²) in [5.41, 5.74) is 7.88. The number of anilines is 2. The topological polar surface area (TPSA) is 56.3 Å². The van der Waals surface area contributed by atoms with Crippen LogP contribution in [-0.2, 0) is 11.3 Å². The standard InChI is InChI=1S/C14H26N4O/c1-5-8-18-13(12(15)11(2)16-18)17-9-6-7-14(3,10-17)19-4/h5-10,15H2,1-4H3. The van der Waals surface area contributed by atoms with Crippen molar-refractivity contribution in [3.8, 4) is 0 Å². The van der Waals surface area contributed by atoms with Crippen molar-refractivity contribution in [1.29, 1.82) is 0 Å². The minimum absolute atomic E-state index is 0.0834. The summed E-state index contributed by atoms with van der Waals surface area (Å²) in [6, 6.07) is 0. The molecule has 2 N–H and O–H groups in total. The van der Waals surface area contributed by atoms with E-state index < -0.39 is 0 Å². The SMILES string of the molecule is CCCn1nc(C)c(N)c1N1CCCC(C)(OC)C1. The molecule has 5 heteroatoms. The molecule has 19 heavy (non-hydrogen) atoms. The minimum atomic E-state index is -0.0834. The molecule has 5 nitrogen and oxygen atoms in total. The van der Waals surface area contributed by atoms with E-state index in [1.54, 1.807) is 7.11 Å². The summed E-state index contributed by atoms with van der Waals surface area (Å²) in [4.78, 5) is 2.33. The van der Waals surface area contributed by atoms with Crippen molar-refractivity contribution in [2.45, 2.75) is 52.2 Å². The summed E-state index contributed by atoms with van der Waals surface area (Å²) in [5, 5.41) is 4.56. The van der Waals surface area contributed by atoms with Crippen LogP contribution in [0.2, 0.25) is 0 Å². The quantitative estimate of drug-likeness (QED) is 0.907. The van der Waals surface area contributed by atoms with Crippen LogP contribution in [0.1, 0.15) is 38.8 Å². The minimum Gasteiger partial charge on any atom is -0.394 e. The maximum atomic E-state index is 6.23. The Kier molecular flexibility index (Phi) is 4.04. The predicted molar refractivity (Wildman–Crippen MR) is 78.5 cm³/mol. The summed E-state index contributed by atoms with van der Waals surface area (Å²) >= 11 is 0. The van der Waals surface area contributed by atoms with Gasteiger partial charge in [0, 0.05) is 26.7 Å². The summed E-state index contributed by atoms with van der Waals surface area (Å²) in [5.74, 6) is 1.07. The third-order valence-corrected chi connectivity index (χ3v) is 4.03. The fraction of sp³-hybridized carbons (Fsp3) is 0.786. The molecular formula is C14H26N4O. The second kappa shape index (κ2) is 5.41. The first-order chi connectivity index (χ1) is 9.00. The Morgan fingerprint density at radius 2 is 2.21 bits per heavy atom. The van der Waals surface area contributed by atoms with Gasteiger partial charge in [0.05, 0.1) is 17.0 Å². The highest BCUT2D eigenvalue weighted by molar-refractivity contribution is 5.66. The number of aromatic nitrogens is 2. The zero-order valence-corrected chi connectivity index (χ0v) is 12.6. The second-order valence-corrected chi connectivity index (χ2v) is 5.72. The lowest BCUT2D eigenvalue weighted by molar-refractivity contribution is -0.00494. The third kappa shape index (κ3) is 2.71. The highest BCUT2D eigenvalue weighted by Gasteiger charge is 2.33. The van der Waals surface area contributed by atoms with Crippen LogP contribution in [0, 0.1) is 6.92 Å².